The summed E-state index contributed by atoms with van der Waals surface area (Å²) in [5.41, 5.74) is 0.522. The average Bonchev–Trinajstić information content (AvgIpc) is 2.47. The van der Waals surface area contributed by atoms with Crippen LogP contribution in [0.15, 0.2) is 41.3 Å². The quantitative estimate of drug-likeness (QED) is 0.819. The number of sulfonamides is 1. The molecule has 0 N–H and O–H groups in total. The lowest BCUT2D eigenvalue weighted by Gasteiger charge is -2.19. The SMILES string of the molecule is COc1ccc(Cl)cc1CN(C)S(=O)(=O)c1ccc(F)cc1F. The van der Waals surface area contributed by atoms with Crippen molar-refractivity contribution in [3.05, 3.63) is 58.6 Å². The molecule has 0 saturated carbocycles. The molecule has 2 aromatic rings. The molecule has 124 valence electrons. The predicted octanol–water partition coefficient (Wildman–Crippen LogP) is 3.45. The van der Waals surface area contributed by atoms with Gasteiger partial charge in [-0.1, -0.05) is 11.6 Å². The second-order valence-corrected chi connectivity index (χ2v) is 7.24. The predicted molar refractivity (Wildman–Crippen MR) is 83.0 cm³/mol. The number of ether oxygens (including phenoxy) is 1. The number of benzene rings is 2. The van der Waals surface area contributed by atoms with E-state index in [0.29, 0.717) is 22.4 Å². The fraction of sp³-hybridized carbons (Fsp3) is 0.200. The van der Waals surface area contributed by atoms with Gasteiger partial charge >= 0.3 is 0 Å². The zero-order valence-electron chi connectivity index (χ0n) is 12.4. The molecule has 8 heteroatoms. The summed E-state index contributed by atoms with van der Waals surface area (Å²) >= 11 is 5.91. The molecule has 0 unspecified atom stereocenters. The Morgan fingerprint density at radius 2 is 1.87 bits per heavy atom. The Hall–Kier alpha value is -1.70. The lowest BCUT2D eigenvalue weighted by molar-refractivity contribution is 0.397. The molecule has 0 atom stereocenters. The van der Waals surface area contributed by atoms with Crippen molar-refractivity contribution < 1.29 is 21.9 Å². The lowest BCUT2D eigenvalue weighted by atomic mass is 10.2. The van der Waals surface area contributed by atoms with Crippen molar-refractivity contribution >= 4 is 21.6 Å². The highest BCUT2D eigenvalue weighted by Crippen LogP contribution is 2.26. The first kappa shape index (κ1) is 17.7. The van der Waals surface area contributed by atoms with Crippen LogP contribution in [0, 0.1) is 11.6 Å². The Morgan fingerprint density at radius 3 is 2.48 bits per heavy atom. The first-order valence-corrected chi connectivity index (χ1v) is 8.31. The second kappa shape index (κ2) is 6.82. The van der Waals surface area contributed by atoms with Gasteiger partial charge in [-0.2, -0.15) is 4.31 Å². The molecule has 0 radical (unpaired) electrons. The Labute approximate surface area is 138 Å². The number of hydrogen-bond donors (Lipinski definition) is 0. The first-order chi connectivity index (χ1) is 10.8. The molecule has 0 bridgehead atoms. The van der Waals surface area contributed by atoms with E-state index in [1.807, 2.05) is 0 Å². The maximum atomic E-state index is 13.8. The zero-order valence-corrected chi connectivity index (χ0v) is 14.0. The minimum absolute atomic E-state index is 0.0805. The number of hydrogen-bond acceptors (Lipinski definition) is 3. The molecule has 23 heavy (non-hydrogen) atoms. The van der Waals surface area contributed by atoms with Crippen LogP contribution < -0.4 is 4.74 Å². The third kappa shape index (κ3) is 3.80. The smallest absolute Gasteiger partial charge is 0.246 e. The molecule has 2 aromatic carbocycles. The molecule has 2 rings (SSSR count). The van der Waals surface area contributed by atoms with Crippen molar-refractivity contribution in [2.45, 2.75) is 11.4 Å². The summed E-state index contributed by atoms with van der Waals surface area (Å²) < 4.78 is 57.7. The van der Waals surface area contributed by atoms with Crippen molar-refractivity contribution in [3.8, 4) is 5.75 Å². The van der Waals surface area contributed by atoms with Crippen LogP contribution in [0.3, 0.4) is 0 Å². The lowest BCUT2D eigenvalue weighted by Crippen LogP contribution is -2.27. The van der Waals surface area contributed by atoms with Crippen molar-refractivity contribution in [2.75, 3.05) is 14.2 Å². The number of nitrogens with zero attached hydrogens (tertiary/aromatic N) is 1. The van der Waals surface area contributed by atoms with Gasteiger partial charge in [0.2, 0.25) is 10.0 Å². The van der Waals surface area contributed by atoms with Crippen LogP contribution in [0.4, 0.5) is 8.78 Å². The molecule has 0 amide bonds. The summed E-state index contributed by atoms with van der Waals surface area (Å²) in [7, 11) is -1.39. The van der Waals surface area contributed by atoms with Gasteiger partial charge in [-0.25, -0.2) is 17.2 Å². The average molecular weight is 362 g/mol. The summed E-state index contributed by atoms with van der Waals surface area (Å²) in [6.45, 7) is -0.0805. The van der Waals surface area contributed by atoms with Gasteiger partial charge in [0.25, 0.3) is 0 Å². The first-order valence-electron chi connectivity index (χ1n) is 6.49. The van der Waals surface area contributed by atoms with Gasteiger partial charge in [-0.15, -0.1) is 0 Å². The normalized spacial score (nSPS) is 11.7. The molecule has 0 aromatic heterocycles. The van der Waals surface area contributed by atoms with E-state index in [-0.39, 0.29) is 6.54 Å². The van der Waals surface area contributed by atoms with Gasteiger partial charge in [-0.3, -0.25) is 0 Å². The monoisotopic (exact) mass is 361 g/mol. The third-order valence-electron chi connectivity index (χ3n) is 3.22. The molecule has 0 aliphatic heterocycles. The van der Waals surface area contributed by atoms with Crippen LogP contribution in [-0.4, -0.2) is 26.9 Å². The summed E-state index contributed by atoms with van der Waals surface area (Å²) in [5, 5.41) is 0.416. The van der Waals surface area contributed by atoms with E-state index in [1.54, 1.807) is 18.2 Å². The standard InChI is InChI=1S/C15H14ClF2NO3S/c1-19(9-10-7-11(16)3-5-14(10)22-2)23(20,21)15-6-4-12(17)8-13(15)18/h3-8H,9H2,1-2H3. The van der Waals surface area contributed by atoms with Crippen LogP contribution >= 0.6 is 11.6 Å². The maximum absolute atomic E-state index is 13.8. The topological polar surface area (TPSA) is 46.6 Å². The minimum Gasteiger partial charge on any atom is -0.496 e. The fourth-order valence-electron chi connectivity index (χ4n) is 2.05. The molecule has 0 saturated heterocycles. The highest BCUT2D eigenvalue weighted by atomic mass is 35.5. The Balaban J connectivity index is 2.36. The largest absolute Gasteiger partial charge is 0.496 e. The van der Waals surface area contributed by atoms with E-state index < -0.39 is 26.6 Å². The van der Waals surface area contributed by atoms with Crippen LogP contribution in [0.25, 0.3) is 0 Å². The second-order valence-electron chi connectivity index (χ2n) is 4.79. The van der Waals surface area contributed by atoms with E-state index in [9.17, 15) is 17.2 Å². The summed E-state index contributed by atoms with van der Waals surface area (Å²) in [6, 6.07) is 7.10. The molecule has 0 aliphatic rings. The molecular weight excluding hydrogens is 348 g/mol. The Kier molecular flexibility index (Phi) is 5.23. The van der Waals surface area contributed by atoms with E-state index in [1.165, 1.54) is 14.2 Å². The summed E-state index contributed by atoms with van der Waals surface area (Å²) in [6.07, 6.45) is 0. The number of methoxy groups -OCH3 is 1. The van der Waals surface area contributed by atoms with Crippen LogP contribution in [-0.2, 0) is 16.6 Å². The van der Waals surface area contributed by atoms with E-state index in [2.05, 4.69) is 0 Å². The van der Waals surface area contributed by atoms with Crippen molar-refractivity contribution in [3.63, 3.8) is 0 Å². The summed E-state index contributed by atoms with van der Waals surface area (Å²) in [5.74, 6) is -1.54. The third-order valence-corrected chi connectivity index (χ3v) is 5.29. The Bertz CT molecular complexity index is 827. The summed E-state index contributed by atoms with van der Waals surface area (Å²) in [4.78, 5) is -0.595. The van der Waals surface area contributed by atoms with E-state index >= 15 is 0 Å². The Morgan fingerprint density at radius 1 is 1.17 bits per heavy atom. The van der Waals surface area contributed by atoms with Gasteiger partial charge in [0, 0.05) is 30.2 Å². The van der Waals surface area contributed by atoms with Crippen LogP contribution in [0.1, 0.15) is 5.56 Å². The van der Waals surface area contributed by atoms with Crippen molar-refractivity contribution in [1.29, 1.82) is 0 Å². The maximum Gasteiger partial charge on any atom is 0.246 e. The van der Waals surface area contributed by atoms with Gasteiger partial charge in [0.15, 0.2) is 0 Å². The van der Waals surface area contributed by atoms with E-state index in [0.717, 1.165) is 16.4 Å². The van der Waals surface area contributed by atoms with Crippen molar-refractivity contribution in [2.24, 2.45) is 0 Å². The van der Waals surface area contributed by atoms with E-state index in [4.69, 9.17) is 16.3 Å². The van der Waals surface area contributed by atoms with Gasteiger partial charge in [-0.05, 0) is 30.3 Å². The highest BCUT2D eigenvalue weighted by Gasteiger charge is 2.25. The molecule has 4 nitrogen and oxygen atoms in total. The van der Waals surface area contributed by atoms with Gasteiger partial charge in [0.1, 0.15) is 22.3 Å². The van der Waals surface area contributed by atoms with Gasteiger partial charge < -0.3 is 4.74 Å². The molecule has 0 fully saturated rings. The molecule has 0 aliphatic carbocycles. The number of halogens is 3. The van der Waals surface area contributed by atoms with Gasteiger partial charge in [0.05, 0.1) is 7.11 Å². The van der Waals surface area contributed by atoms with Crippen molar-refractivity contribution in [1.82, 2.24) is 4.31 Å². The minimum atomic E-state index is -4.13. The molecule has 0 spiro atoms. The fourth-order valence-corrected chi connectivity index (χ4v) is 3.43. The molecule has 0 heterocycles. The number of rotatable bonds is 5. The zero-order chi connectivity index (χ0) is 17.2. The van der Waals surface area contributed by atoms with Crippen LogP contribution in [0.5, 0.6) is 5.75 Å². The van der Waals surface area contributed by atoms with Crippen LogP contribution in [0.2, 0.25) is 5.02 Å². The highest BCUT2D eigenvalue weighted by molar-refractivity contribution is 7.89. The molecular formula is C15H14ClF2NO3S.